The van der Waals surface area contributed by atoms with E-state index < -0.39 is 11.9 Å². The Labute approximate surface area is 135 Å². The van der Waals surface area contributed by atoms with Gasteiger partial charge in [-0.05, 0) is 39.8 Å². The largest absolute Gasteiger partial charge is 0.545 e. The molecule has 132 valence electrons. The van der Waals surface area contributed by atoms with Crippen LogP contribution in [0.25, 0.3) is 0 Å². The van der Waals surface area contributed by atoms with Crippen molar-refractivity contribution in [3.63, 3.8) is 0 Å². The monoisotopic (exact) mass is 318 g/mol. The smallest absolute Gasteiger partial charge is 0.0753 e. The average Bonchev–Trinajstić information content (AvgIpc) is 2.46. The minimum Gasteiger partial charge on any atom is -0.545 e. The molecular formula is C16H34N2O4. The first kappa shape index (κ1) is 25.5. The minimum absolute atomic E-state index is 0.384. The van der Waals surface area contributed by atoms with Crippen LogP contribution in [0, 0.1) is 0 Å². The van der Waals surface area contributed by atoms with Crippen molar-refractivity contribution in [3.05, 3.63) is 12.2 Å². The summed E-state index contributed by atoms with van der Waals surface area (Å²) in [5, 5.41) is 18.8. The zero-order chi connectivity index (χ0) is 18.4. The lowest BCUT2D eigenvalue weighted by molar-refractivity contribution is -0.886. The first-order valence-electron chi connectivity index (χ1n) is 7.61. The van der Waals surface area contributed by atoms with Crippen molar-refractivity contribution in [2.45, 2.75) is 27.7 Å². The molecule has 0 unspecified atom stereocenters. The molecule has 0 heterocycles. The fraction of sp³-hybridized carbons (Fsp3) is 0.750. The van der Waals surface area contributed by atoms with Gasteiger partial charge >= 0.3 is 0 Å². The number of carbonyl (C=O) groups excluding carboxylic acids is 2. The van der Waals surface area contributed by atoms with Crippen molar-refractivity contribution in [3.8, 4) is 0 Å². The number of hydrogen-bond acceptors (Lipinski definition) is 4. The van der Waals surface area contributed by atoms with Gasteiger partial charge in [0.2, 0.25) is 0 Å². The summed E-state index contributed by atoms with van der Waals surface area (Å²) in [5.41, 5.74) is 0. The second kappa shape index (κ2) is 13.3. The van der Waals surface area contributed by atoms with E-state index in [4.69, 9.17) is 0 Å². The Kier molecular flexibility index (Phi) is 15.4. The molecule has 0 aromatic rings. The topological polar surface area (TPSA) is 80.3 Å². The van der Waals surface area contributed by atoms with Crippen LogP contribution in [-0.2, 0) is 9.59 Å². The zero-order valence-electron chi connectivity index (χ0n) is 15.5. The van der Waals surface area contributed by atoms with E-state index in [1.165, 1.54) is 26.2 Å². The van der Waals surface area contributed by atoms with E-state index in [0.29, 0.717) is 12.2 Å². The summed E-state index contributed by atoms with van der Waals surface area (Å²) >= 11 is 0. The molecule has 0 atom stereocenters. The summed E-state index contributed by atoms with van der Waals surface area (Å²) in [5.74, 6) is -3.09. The van der Waals surface area contributed by atoms with Crippen molar-refractivity contribution in [2.24, 2.45) is 0 Å². The first-order chi connectivity index (χ1) is 9.87. The maximum Gasteiger partial charge on any atom is 0.0753 e. The molecule has 6 nitrogen and oxygen atoms in total. The second-order valence-corrected chi connectivity index (χ2v) is 6.11. The highest BCUT2D eigenvalue weighted by Gasteiger charge is 2.05. The van der Waals surface area contributed by atoms with Gasteiger partial charge in [-0.3, -0.25) is 0 Å². The lowest BCUT2D eigenvalue weighted by atomic mass is 10.5. The van der Waals surface area contributed by atoms with Crippen molar-refractivity contribution >= 4 is 11.9 Å². The Balaban J connectivity index is -0.000000247. The Hall–Kier alpha value is -1.40. The van der Waals surface area contributed by atoms with E-state index in [0.717, 1.165) is 8.97 Å². The lowest BCUT2D eigenvalue weighted by Gasteiger charge is -2.25. The Morgan fingerprint density at radius 2 is 0.864 bits per heavy atom. The number of hydrogen-bond donors (Lipinski definition) is 0. The highest BCUT2D eigenvalue weighted by atomic mass is 16.4. The third-order valence-corrected chi connectivity index (χ3v) is 3.78. The van der Waals surface area contributed by atoms with Crippen LogP contribution in [0.3, 0.4) is 0 Å². The van der Waals surface area contributed by atoms with Crippen LogP contribution in [0.2, 0.25) is 0 Å². The Bertz CT molecular complexity index is 293. The molecule has 0 fully saturated rings. The molecule has 22 heavy (non-hydrogen) atoms. The Morgan fingerprint density at radius 3 is 0.909 bits per heavy atom. The number of aliphatic carboxylic acids is 2. The normalized spacial score (nSPS) is 11.1. The molecule has 0 aliphatic heterocycles. The SMILES string of the molecule is CC[N+](C)(C)CC.CC[N+](C)(C)CC.O=C([O-])/C=C\C(=O)[O-]. The molecule has 0 saturated carbocycles. The predicted molar refractivity (Wildman–Crippen MR) is 85.5 cm³/mol. The summed E-state index contributed by atoms with van der Waals surface area (Å²) in [7, 11) is 8.94. The molecular weight excluding hydrogens is 284 g/mol. The third kappa shape index (κ3) is 23.7. The van der Waals surface area contributed by atoms with Gasteiger partial charge in [0.15, 0.2) is 0 Å². The van der Waals surface area contributed by atoms with Crippen molar-refractivity contribution in [2.75, 3.05) is 54.4 Å². The highest BCUT2D eigenvalue weighted by molar-refractivity contribution is 5.87. The van der Waals surface area contributed by atoms with Crippen LogP contribution in [0.5, 0.6) is 0 Å². The number of carboxylic acid groups (broad SMARTS) is 2. The number of quaternary nitrogens is 2. The standard InChI is InChI=1S/2C6H16N.C4H4O4/c2*1-5-7(3,4)6-2;5-3(6)1-2-4(7)8/h2*5-6H2,1-4H3;1-2H,(H,5,6)(H,7,8)/q2*+1;/p-2/b;;2-1-. The molecule has 0 radical (unpaired) electrons. The molecule has 0 saturated heterocycles. The van der Waals surface area contributed by atoms with Gasteiger partial charge in [0.05, 0.1) is 66.3 Å². The van der Waals surface area contributed by atoms with E-state index >= 15 is 0 Å². The number of carbonyl (C=O) groups is 2. The molecule has 0 amide bonds. The second-order valence-electron chi connectivity index (χ2n) is 6.11. The van der Waals surface area contributed by atoms with E-state index in [9.17, 15) is 19.8 Å². The third-order valence-electron chi connectivity index (χ3n) is 3.78. The van der Waals surface area contributed by atoms with Crippen LogP contribution in [0.1, 0.15) is 27.7 Å². The quantitative estimate of drug-likeness (QED) is 0.477. The summed E-state index contributed by atoms with van der Waals surface area (Å²) < 4.78 is 2.28. The van der Waals surface area contributed by atoms with Crippen LogP contribution in [0.15, 0.2) is 12.2 Å². The van der Waals surface area contributed by atoms with Gasteiger partial charge in [0.25, 0.3) is 0 Å². The van der Waals surface area contributed by atoms with Crippen LogP contribution < -0.4 is 10.2 Å². The van der Waals surface area contributed by atoms with Gasteiger partial charge in [-0.2, -0.15) is 0 Å². The van der Waals surface area contributed by atoms with Gasteiger partial charge in [-0.1, -0.05) is 0 Å². The number of carboxylic acids is 2. The maximum atomic E-state index is 9.41. The minimum atomic E-state index is -1.55. The average molecular weight is 318 g/mol. The molecule has 0 bridgehead atoms. The molecule has 0 aromatic carbocycles. The first-order valence-corrected chi connectivity index (χ1v) is 7.61. The molecule has 0 aliphatic carbocycles. The summed E-state index contributed by atoms with van der Waals surface area (Å²) in [4.78, 5) is 18.8. The van der Waals surface area contributed by atoms with Gasteiger partial charge in [-0.25, -0.2) is 0 Å². The summed E-state index contributed by atoms with van der Waals surface area (Å²) in [6.07, 6.45) is 0.769. The summed E-state index contributed by atoms with van der Waals surface area (Å²) in [6, 6.07) is 0. The van der Waals surface area contributed by atoms with E-state index in [2.05, 4.69) is 55.9 Å². The van der Waals surface area contributed by atoms with Gasteiger partial charge in [0.1, 0.15) is 0 Å². The van der Waals surface area contributed by atoms with Gasteiger partial charge in [-0.15, -0.1) is 0 Å². The van der Waals surface area contributed by atoms with Crippen molar-refractivity contribution in [1.82, 2.24) is 0 Å². The Morgan fingerprint density at radius 1 is 0.682 bits per heavy atom. The van der Waals surface area contributed by atoms with Crippen LogP contribution in [0.4, 0.5) is 0 Å². The molecule has 0 rings (SSSR count). The molecule has 0 spiro atoms. The molecule has 0 N–H and O–H groups in total. The van der Waals surface area contributed by atoms with Gasteiger partial charge in [0, 0.05) is 0 Å². The fourth-order valence-corrected chi connectivity index (χ4v) is 0.583. The van der Waals surface area contributed by atoms with Crippen molar-refractivity contribution < 1.29 is 28.8 Å². The van der Waals surface area contributed by atoms with Crippen LogP contribution >= 0.6 is 0 Å². The molecule has 6 heteroatoms. The molecule has 0 aromatic heterocycles. The van der Waals surface area contributed by atoms with E-state index in [-0.39, 0.29) is 0 Å². The van der Waals surface area contributed by atoms with Crippen molar-refractivity contribution in [1.29, 1.82) is 0 Å². The number of rotatable bonds is 6. The van der Waals surface area contributed by atoms with E-state index in [1.54, 1.807) is 0 Å². The maximum absolute atomic E-state index is 9.41. The zero-order valence-corrected chi connectivity index (χ0v) is 15.5. The van der Waals surface area contributed by atoms with Gasteiger partial charge < -0.3 is 28.8 Å². The fourth-order valence-electron chi connectivity index (χ4n) is 0.583. The predicted octanol–water partition coefficient (Wildman–Crippen LogP) is -0.752. The highest BCUT2D eigenvalue weighted by Crippen LogP contribution is 1.92. The van der Waals surface area contributed by atoms with E-state index in [1.807, 2.05) is 0 Å². The summed E-state index contributed by atoms with van der Waals surface area (Å²) in [6.45, 7) is 13.8. The van der Waals surface area contributed by atoms with Crippen LogP contribution in [-0.4, -0.2) is 75.3 Å². The lowest BCUT2D eigenvalue weighted by Crippen LogP contribution is -2.38. The number of nitrogens with zero attached hydrogens (tertiary/aromatic N) is 2. The molecule has 0 aliphatic rings.